The highest BCUT2D eigenvalue weighted by Gasteiger charge is 2.31. The molecule has 0 aromatic heterocycles. The van der Waals surface area contributed by atoms with Gasteiger partial charge in [-0.25, -0.2) is 12.7 Å². The van der Waals surface area contributed by atoms with E-state index in [1.807, 2.05) is 13.1 Å². The second-order valence-electron chi connectivity index (χ2n) is 5.10. The summed E-state index contributed by atoms with van der Waals surface area (Å²) in [4.78, 5) is 0. The van der Waals surface area contributed by atoms with Gasteiger partial charge in [-0.1, -0.05) is 18.2 Å². The molecular formula is C14H19N3O2S. The number of rotatable bonds is 5. The molecule has 1 aliphatic rings. The minimum atomic E-state index is -3.34. The van der Waals surface area contributed by atoms with Gasteiger partial charge in [-0.15, -0.1) is 0 Å². The third-order valence-corrected chi connectivity index (χ3v) is 5.40. The van der Waals surface area contributed by atoms with Crippen LogP contribution < -0.4 is 5.32 Å². The number of hydrogen-bond acceptors (Lipinski definition) is 4. The fourth-order valence-electron chi connectivity index (χ4n) is 2.55. The van der Waals surface area contributed by atoms with Gasteiger partial charge >= 0.3 is 0 Å². The van der Waals surface area contributed by atoms with Crippen LogP contribution in [-0.4, -0.2) is 39.4 Å². The Balaban J connectivity index is 2.11. The highest BCUT2D eigenvalue weighted by atomic mass is 32.2. The van der Waals surface area contributed by atoms with Crippen LogP contribution in [0.4, 0.5) is 0 Å². The van der Waals surface area contributed by atoms with Gasteiger partial charge in [0.1, 0.15) is 0 Å². The zero-order chi connectivity index (χ0) is 14.6. The van der Waals surface area contributed by atoms with Crippen LogP contribution in [0.3, 0.4) is 0 Å². The number of hydrogen-bond donors (Lipinski definition) is 1. The maximum Gasteiger partial charge on any atom is 0.218 e. The van der Waals surface area contributed by atoms with Gasteiger partial charge in [0, 0.05) is 13.1 Å². The lowest BCUT2D eigenvalue weighted by Gasteiger charge is -2.17. The smallest absolute Gasteiger partial charge is 0.218 e. The zero-order valence-corrected chi connectivity index (χ0v) is 12.4. The van der Waals surface area contributed by atoms with Crippen molar-refractivity contribution in [3.05, 3.63) is 35.4 Å². The monoisotopic (exact) mass is 293 g/mol. The quantitative estimate of drug-likeness (QED) is 0.876. The Morgan fingerprint density at radius 3 is 2.90 bits per heavy atom. The lowest BCUT2D eigenvalue weighted by molar-refractivity contribution is 0.450. The summed E-state index contributed by atoms with van der Waals surface area (Å²) in [6, 6.07) is 8.91. The second-order valence-corrected chi connectivity index (χ2v) is 7.06. The highest BCUT2D eigenvalue weighted by Crippen LogP contribution is 2.22. The van der Waals surface area contributed by atoms with Gasteiger partial charge in [-0.3, -0.25) is 0 Å². The zero-order valence-electron chi connectivity index (χ0n) is 11.5. The van der Waals surface area contributed by atoms with E-state index >= 15 is 0 Å². The van der Waals surface area contributed by atoms with Gasteiger partial charge in [0.05, 0.1) is 17.4 Å². The van der Waals surface area contributed by atoms with E-state index in [0.717, 1.165) is 13.0 Å². The lowest BCUT2D eigenvalue weighted by Crippen LogP contribution is -2.31. The van der Waals surface area contributed by atoms with Crippen LogP contribution in [-0.2, 0) is 15.8 Å². The summed E-state index contributed by atoms with van der Waals surface area (Å²) >= 11 is 0. The van der Waals surface area contributed by atoms with Crippen molar-refractivity contribution in [1.82, 2.24) is 9.62 Å². The van der Waals surface area contributed by atoms with Crippen molar-refractivity contribution in [2.75, 3.05) is 26.7 Å². The maximum absolute atomic E-state index is 12.4. The van der Waals surface area contributed by atoms with Crippen molar-refractivity contribution in [2.45, 2.75) is 12.2 Å². The van der Waals surface area contributed by atoms with E-state index < -0.39 is 10.0 Å². The Hall–Kier alpha value is -1.42. The highest BCUT2D eigenvalue weighted by molar-refractivity contribution is 7.88. The molecule has 1 atom stereocenters. The van der Waals surface area contributed by atoms with Gasteiger partial charge in [-0.2, -0.15) is 5.26 Å². The van der Waals surface area contributed by atoms with Gasteiger partial charge in [-0.05, 0) is 37.6 Å². The molecule has 0 saturated carbocycles. The summed E-state index contributed by atoms with van der Waals surface area (Å²) in [5.41, 5.74) is 1.01. The van der Waals surface area contributed by atoms with Crippen molar-refractivity contribution in [1.29, 1.82) is 5.26 Å². The van der Waals surface area contributed by atoms with Crippen LogP contribution in [0, 0.1) is 17.2 Å². The summed E-state index contributed by atoms with van der Waals surface area (Å²) in [5.74, 6) is 0.282. The Morgan fingerprint density at radius 1 is 1.45 bits per heavy atom. The average molecular weight is 293 g/mol. The average Bonchev–Trinajstić information content (AvgIpc) is 2.89. The summed E-state index contributed by atoms with van der Waals surface area (Å²) in [7, 11) is -1.47. The summed E-state index contributed by atoms with van der Waals surface area (Å²) < 4.78 is 26.4. The lowest BCUT2D eigenvalue weighted by atomic mass is 10.1. The van der Waals surface area contributed by atoms with E-state index in [1.165, 1.54) is 0 Å². The Labute approximate surface area is 120 Å². The number of sulfonamides is 1. The van der Waals surface area contributed by atoms with Gasteiger partial charge in [0.25, 0.3) is 0 Å². The first-order chi connectivity index (χ1) is 9.56. The van der Waals surface area contributed by atoms with Crippen molar-refractivity contribution >= 4 is 10.0 Å². The van der Waals surface area contributed by atoms with E-state index in [9.17, 15) is 8.42 Å². The third kappa shape index (κ3) is 3.37. The number of nitrogens with one attached hydrogen (secondary N) is 1. The first-order valence-electron chi connectivity index (χ1n) is 6.67. The number of nitrogens with zero attached hydrogens (tertiary/aromatic N) is 2. The van der Waals surface area contributed by atoms with Gasteiger partial charge in [0.2, 0.25) is 10.0 Å². The molecule has 1 aromatic rings. The van der Waals surface area contributed by atoms with Crippen LogP contribution in [0.1, 0.15) is 17.5 Å². The molecule has 0 spiro atoms. The molecule has 0 amide bonds. The molecule has 0 aliphatic carbocycles. The molecule has 6 heteroatoms. The van der Waals surface area contributed by atoms with Crippen LogP contribution in [0.25, 0.3) is 0 Å². The molecule has 0 radical (unpaired) electrons. The van der Waals surface area contributed by atoms with Crippen LogP contribution >= 0.6 is 0 Å². The standard InChI is InChI=1S/C14H19N3O2S/c1-16-9-12-6-7-17(10-12)20(18,19)11-14-5-3-2-4-13(14)8-15/h2-5,12,16H,6-7,9-11H2,1H3. The molecule has 1 heterocycles. The van der Waals surface area contributed by atoms with E-state index in [1.54, 1.807) is 28.6 Å². The topological polar surface area (TPSA) is 73.2 Å². The molecule has 108 valence electrons. The normalized spacial score (nSPS) is 19.9. The van der Waals surface area contributed by atoms with Crippen molar-refractivity contribution in [2.24, 2.45) is 5.92 Å². The first kappa shape index (κ1) is 15.0. The molecule has 1 saturated heterocycles. The summed E-state index contributed by atoms with van der Waals surface area (Å²) in [6.07, 6.45) is 0.889. The van der Waals surface area contributed by atoms with Crippen molar-refractivity contribution in [3.8, 4) is 6.07 Å². The minimum Gasteiger partial charge on any atom is -0.319 e. The van der Waals surface area contributed by atoms with Crippen LogP contribution in [0.5, 0.6) is 0 Å². The maximum atomic E-state index is 12.4. The number of nitriles is 1. The van der Waals surface area contributed by atoms with Crippen LogP contribution in [0.2, 0.25) is 0 Å². The van der Waals surface area contributed by atoms with Crippen molar-refractivity contribution < 1.29 is 8.42 Å². The molecule has 1 fully saturated rings. The molecule has 1 unspecified atom stereocenters. The second kappa shape index (κ2) is 6.35. The molecule has 0 bridgehead atoms. The molecule has 2 rings (SSSR count). The van der Waals surface area contributed by atoms with E-state index in [0.29, 0.717) is 30.1 Å². The molecular weight excluding hydrogens is 274 g/mol. The van der Waals surface area contributed by atoms with Gasteiger partial charge < -0.3 is 5.32 Å². The van der Waals surface area contributed by atoms with E-state index in [2.05, 4.69) is 5.32 Å². The van der Waals surface area contributed by atoms with E-state index in [-0.39, 0.29) is 5.75 Å². The Kier molecular flexibility index (Phi) is 4.76. The SMILES string of the molecule is CNCC1CCN(S(=O)(=O)Cc2ccccc2C#N)C1. The molecule has 1 aliphatic heterocycles. The molecule has 1 aromatic carbocycles. The third-order valence-electron chi connectivity index (χ3n) is 3.61. The largest absolute Gasteiger partial charge is 0.319 e. The summed E-state index contributed by atoms with van der Waals surface area (Å²) in [6.45, 7) is 1.97. The minimum absolute atomic E-state index is 0.0942. The molecule has 5 nitrogen and oxygen atoms in total. The predicted octanol–water partition coefficient (Wildman–Crippen LogP) is 0.929. The molecule has 20 heavy (non-hydrogen) atoms. The van der Waals surface area contributed by atoms with E-state index in [4.69, 9.17) is 5.26 Å². The van der Waals surface area contributed by atoms with Gasteiger partial charge in [0.15, 0.2) is 0 Å². The predicted molar refractivity (Wildman–Crippen MR) is 77.4 cm³/mol. The summed E-state index contributed by atoms with van der Waals surface area (Å²) in [5, 5.41) is 12.1. The fourth-order valence-corrected chi connectivity index (χ4v) is 4.20. The van der Waals surface area contributed by atoms with Crippen molar-refractivity contribution in [3.63, 3.8) is 0 Å². The fraction of sp³-hybridized carbons (Fsp3) is 0.500. The first-order valence-corrected chi connectivity index (χ1v) is 8.28. The van der Waals surface area contributed by atoms with Crippen LogP contribution in [0.15, 0.2) is 24.3 Å². The Bertz CT molecular complexity index is 607. The Morgan fingerprint density at radius 2 is 2.20 bits per heavy atom. The number of benzene rings is 1. The molecule has 1 N–H and O–H groups in total.